The fourth-order valence-electron chi connectivity index (χ4n) is 0.971. The molecule has 0 bridgehead atoms. The lowest BCUT2D eigenvalue weighted by molar-refractivity contribution is 0.871. The normalized spacial score (nSPS) is 10.2. The summed E-state index contributed by atoms with van der Waals surface area (Å²) in [5, 5.41) is 1.41. The van der Waals surface area contributed by atoms with Crippen molar-refractivity contribution in [2.45, 2.75) is 16.7 Å². The van der Waals surface area contributed by atoms with E-state index in [0.717, 1.165) is 10.7 Å². The fourth-order valence-corrected chi connectivity index (χ4v) is 1.66. The average molecular weight is 219 g/mol. The molecule has 6 heteroatoms. The van der Waals surface area contributed by atoms with Gasteiger partial charge in [-0.3, -0.25) is 4.98 Å². The maximum atomic E-state index is 5.48. The zero-order valence-electron chi connectivity index (χ0n) is 7.87. The van der Waals surface area contributed by atoms with E-state index in [1.807, 2.05) is 0 Å². The predicted molar refractivity (Wildman–Crippen MR) is 56.1 cm³/mol. The van der Waals surface area contributed by atoms with Crippen molar-refractivity contribution in [1.29, 1.82) is 0 Å². The molecule has 15 heavy (non-hydrogen) atoms. The molecule has 0 aliphatic heterocycles. The number of hydrogen-bond donors (Lipinski definition) is 1. The second kappa shape index (κ2) is 4.81. The van der Waals surface area contributed by atoms with Gasteiger partial charge in [-0.2, -0.15) is 0 Å². The summed E-state index contributed by atoms with van der Waals surface area (Å²) in [7, 11) is 0. The Labute approximate surface area is 91.2 Å². The van der Waals surface area contributed by atoms with Gasteiger partial charge in [-0.1, -0.05) is 0 Å². The zero-order chi connectivity index (χ0) is 10.5. The van der Waals surface area contributed by atoms with Gasteiger partial charge in [-0.05, 0) is 17.8 Å². The lowest BCUT2D eigenvalue weighted by Crippen LogP contribution is -2.00. The highest BCUT2D eigenvalue weighted by Gasteiger charge is 2.01. The Morgan fingerprint density at radius 3 is 2.87 bits per heavy atom. The van der Waals surface area contributed by atoms with E-state index in [1.54, 1.807) is 30.9 Å². The second-order valence-electron chi connectivity index (χ2n) is 2.68. The van der Waals surface area contributed by atoms with E-state index >= 15 is 0 Å². The number of rotatable bonds is 3. The van der Waals surface area contributed by atoms with Gasteiger partial charge in [0.15, 0.2) is 5.16 Å². The molecule has 0 aliphatic rings. The first-order chi connectivity index (χ1) is 7.38. The molecule has 2 rings (SSSR count). The molecule has 2 aromatic rings. The van der Waals surface area contributed by atoms with Gasteiger partial charge in [-0.25, -0.2) is 15.0 Å². The number of aromatic nitrogens is 4. The first-order valence-corrected chi connectivity index (χ1v) is 5.16. The van der Waals surface area contributed by atoms with Gasteiger partial charge in [0, 0.05) is 25.1 Å². The molecular formula is C9H9N5S. The average Bonchev–Trinajstić information content (AvgIpc) is 2.31. The molecule has 0 unspecified atom stereocenters. The predicted octanol–water partition coefficient (Wildman–Crippen LogP) is 0.877. The molecule has 2 heterocycles. The van der Waals surface area contributed by atoms with Crippen molar-refractivity contribution in [2.75, 3.05) is 0 Å². The van der Waals surface area contributed by atoms with E-state index in [9.17, 15) is 0 Å². The number of nitrogens with two attached hydrogens (primary N) is 1. The molecule has 0 saturated heterocycles. The van der Waals surface area contributed by atoms with Crippen molar-refractivity contribution in [2.24, 2.45) is 5.73 Å². The summed E-state index contributed by atoms with van der Waals surface area (Å²) in [5.74, 6) is 0. The smallest absolute Gasteiger partial charge is 0.194 e. The highest BCUT2D eigenvalue weighted by molar-refractivity contribution is 7.99. The fraction of sp³-hybridized carbons (Fsp3) is 0.111. The Balaban J connectivity index is 2.17. The molecule has 0 atom stereocenters. The molecule has 0 aliphatic carbocycles. The highest BCUT2D eigenvalue weighted by Crippen LogP contribution is 2.20. The molecular weight excluding hydrogens is 210 g/mol. The maximum absolute atomic E-state index is 5.48. The van der Waals surface area contributed by atoms with Crippen molar-refractivity contribution >= 4 is 11.8 Å². The van der Waals surface area contributed by atoms with Crippen molar-refractivity contribution in [1.82, 2.24) is 19.9 Å². The van der Waals surface area contributed by atoms with Gasteiger partial charge in [0.2, 0.25) is 0 Å². The lowest BCUT2D eigenvalue weighted by Gasteiger charge is -1.99. The summed E-state index contributed by atoms with van der Waals surface area (Å²) in [6, 6.07) is 1.79. The standard InChI is InChI=1S/C9H9N5S/c10-5-7-1-2-13-9(14-7)15-8-6-11-3-4-12-8/h1-4,6H,5,10H2. The van der Waals surface area contributed by atoms with Crippen LogP contribution in [0.3, 0.4) is 0 Å². The first-order valence-electron chi connectivity index (χ1n) is 4.34. The van der Waals surface area contributed by atoms with Crippen molar-refractivity contribution < 1.29 is 0 Å². The van der Waals surface area contributed by atoms with Gasteiger partial charge < -0.3 is 5.73 Å². The maximum Gasteiger partial charge on any atom is 0.194 e. The van der Waals surface area contributed by atoms with Crippen LogP contribution in [0.15, 0.2) is 41.0 Å². The Kier molecular flexibility index (Phi) is 3.21. The molecule has 0 fully saturated rings. The van der Waals surface area contributed by atoms with Crippen molar-refractivity contribution in [3.8, 4) is 0 Å². The summed E-state index contributed by atoms with van der Waals surface area (Å²) in [5.41, 5.74) is 6.30. The van der Waals surface area contributed by atoms with Crippen LogP contribution in [0, 0.1) is 0 Å². The Morgan fingerprint density at radius 1 is 1.20 bits per heavy atom. The van der Waals surface area contributed by atoms with E-state index in [1.165, 1.54) is 11.8 Å². The van der Waals surface area contributed by atoms with Gasteiger partial charge in [0.05, 0.1) is 11.9 Å². The summed E-state index contributed by atoms with van der Waals surface area (Å²) in [6.07, 6.45) is 6.62. The van der Waals surface area contributed by atoms with Gasteiger partial charge in [0.25, 0.3) is 0 Å². The third kappa shape index (κ3) is 2.71. The lowest BCUT2D eigenvalue weighted by atomic mass is 10.4. The van der Waals surface area contributed by atoms with Gasteiger partial charge in [-0.15, -0.1) is 0 Å². The first kappa shape index (κ1) is 10.0. The summed E-state index contributed by atoms with van der Waals surface area (Å²) in [4.78, 5) is 16.4. The largest absolute Gasteiger partial charge is 0.325 e. The number of nitrogens with zero attached hydrogens (tertiary/aromatic N) is 4. The van der Waals surface area contributed by atoms with Crippen molar-refractivity contribution in [3.63, 3.8) is 0 Å². The van der Waals surface area contributed by atoms with Crippen LogP contribution in [0.2, 0.25) is 0 Å². The molecule has 0 amide bonds. The van der Waals surface area contributed by atoms with Crippen LogP contribution in [-0.2, 0) is 6.54 Å². The molecule has 2 N–H and O–H groups in total. The van der Waals surface area contributed by atoms with Crippen LogP contribution < -0.4 is 5.73 Å². The van der Waals surface area contributed by atoms with Crippen LogP contribution in [-0.4, -0.2) is 19.9 Å². The van der Waals surface area contributed by atoms with Crippen LogP contribution in [0.1, 0.15) is 5.69 Å². The molecule has 0 radical (unpaired) electrons. The molecule has 0 aromatic carbocycles. The Hall–Kier alpha value is -1.53. The molecule has 76 valence electrons. The zero-order valence-corrected chi connectivity index (χ0v) is 8.68. The quantitative estimate of drug-likeness (QED) is 0.772. The topological polar surface area (TPSA) is 77.6 Å². The second-order valence-corrected chi connectivity index (χ2v) is 3.67. The van der Waals surface area contributed by atoms with E-state index in [-0.39, 0.29) is 0 Å². The van der Waals surface area contributed by atoms with Crippen LogP contribution >= 0.6 is 11.8 Å². The number of hydrogen-bond acceptors (Lipinski definition) is 6. The van der Waals surface area contributed by atoms with Gasteiger partial charge in [0.1, 0.15) is 5.03 Å². The minimum absolute atomic E-state index is 0.413. The Morgan fingerprint density at radius 2 is 2.13 bits per heavy atom. The highest BCUT2D eigenvalue weighted by atomic mass is 32.2. The third-order valence-electron chi connectivity index (χ3n) is 1.64. The van der Waals surface area contributed by atoms with Crippen LogP contribution in [0.4, 0.5) is 0 Å². The van der Waals surface area contributed by atoms with E-state index in [4.69, 9.17) is 5.73 Å². The Bertz CT molecular complexity index is 434. The SMILES string of the molecule is NCc1ccnc(Sc2cnccn2)n1. The monoisotopic (exact) mass is 219 g/mol. The van der Waals surface area contributed by atoms with E-state index in [2.05, 4.69) is 19.9 Å². The molecule has 2 aromatic heterocycles. The summed E-state index contributed by atoms with van der Waals surface area (Å²) in [6.45, 7) is 0.413. The van der Waals surface area contributed by atoms with Crippen LogP contribution in [0.5, 0.6) is 0 Å². The molecule has 0 saturated carbocycles. The third-order valence-corrected chi connectivity index (χ3v) is 2.43. The molecule has 5 nitrogen and oxygen atoms in total. The van der Waals surface area contributed by atoms with Crippen LogP contribution in [0.25, 0.3) is 0 Å². The molecule has 0 spiro atoms. The minimum atomic E-state index is 0.413. The van der Waals surface area contributed by atoms with Crippen molar-refractivity contribution in [3.05, 3.63) is 36.5 Å². The van der Waals surface area contributed by atoms with E-state index in [0.29, 0.717) is 11.7 Å². The van der Waals surface area contributed by atoms with E-state index < -0.39 is 0 Å². The summed E-state index contributed by atoms with van der Waals surface area (Å²) < 4.78 is 0. The van der Waals surface area contributed by atoms with Gasteiger partial charge >= 0.3 is 0 Å². The summed E-state index contributed by atoms with van der Waals surface area (Å²) >= 11 is 1.37. The minimum Gasteiger partial charge on any atom is -0.325 e.